The van der Waals surface area contributed by atoms with E-state index in [4.69, 9.17) is 4.74 Å². The number of aromatic nitrogens is 1. The minimum absolute atomic E-state index is 0.00455. The summed E-state index contributed by atoms with van der Waals surface area (Å²) in [6.45, 7) is -0.00455. The molecule has 0 atom stereocenters. The molecule has 0 spiro atoms. The van der Waals surface area contributed by atoms with Gasteiger partial charge in [-0.2, -0.15) is 0 Å². The SMILES string of the molecule is c1ccc(N2c3ccccc3B3c4cc5c(cc4Oc4cccc2c43)c2ccc3cc(N(c4ccccc4)c4cccc6ccccc46)ccc3c2n5-c2ccccc2)cc1. The van der Waals surface area contributed by atoms with Gasteiger partial charge in [-0.15, -0.1) is 0 Å². The molecule has 1 aromatic heterocycles. The van der Waals surface area contributed by atoms with Gasteiger partial charge in [0.2, 0.25) is 0 Å². The van der Waals surface area contributed by atoms with Crippen molar-refractivity contribution in [2.75, 3.05) is 9.80 Å². The van der Waals surface area contributed by atoms with Gasteiger partial charge in [0, 0.05) is 55.7 Å². The van der Waals surface area contributed by atoms with E-state index in [1.165, 1.54) is 59.9 Å². The van der Waals surface area contributed by atoms with Crippen molar-refractivity contribution < 1.29 is 4.74 Å². The number of rotatable bonds is 5. The molecule has 13 rings (SSSR count). The number of hydrogen-bond acceptors (Lipinski definition) is 3. The number of anilines is 6. The molecule has 0 saturated heterocycles. The molecule has 0 bridgehead atoms. The molecule has 0 saturated carbocycles. The first-order valence-corrected chi connectivity index (χ1v) is 21.0. The molecule has 0 N–H and O–H groups in total. The normalized spacial score (nSPS) is 12.7. The maximum absolute atomic E-state index is 7.00. The first-order chi connectivity index (χ1) is 30.3. The van der Waals surface area contributed by atoms with Crippen LogP contribution in [0.3, 0.4) is 0 Å². The lowest BCUT2D eigenvalue weighted by molar-refractivity contribution is 0.488. The van der Waals surface area contributed by atoms with Gasteiger partial charge in [-0.05, 0) is 112 Å². The van der Waals surface area contributed by atoms with Crippen LogP contribution in [0, 0.1) is 0 Å². The van der Waals surface area contributed by atoms with Gasteiger partial charge in [0.05, 0.1) is 16.7 Å². The van der Waals surface area contributed by atoms with Crippen molar-refractivity contribution in [1.82, 2.24) is 4.57 Å². The fraction of sp³-hybridized carbons (Fsp3) is 0. The minimum atomic E-state index is -0.00455. The number of hydrogen-bond donors (Lipinski definition) is 0. The molecule has 0 amide bonds. The number of nitrogens with zero attached hydrogens (tertiary/aromatic N) is 3. The zero-order valence-electron chi connectivity index (χ0n) is 33.1. The molecule has 3 heterocycles. The maximum Gasteiger partial charge on any atom is 0.256 e. The van der Waals surface area contributed by atoms with E-state index in [2.05, 4.69) is 233 Å². The van der Waals surface area contributed by atoms with E-state index in [1.54, 1.807) is 0 Å². The van der Waals surface area contributed by atoms with E-state index >= 15 is 0 Å². The lowest BCUT2D eigenvalue weighted by Crippen LogP contribution is -2.59. The zero-order chi connectivity index (χ0) is 40.0. The third-order valence-corrected chi connectivity index (χ3v) is 12.8. The standard InChI is InChI=1S/C56H36BN3O/c1-4-18-39(19-5-1)58(49-27-14-17-37-16-10-11-24-43(37)49)42-31-33-44-38(34-42)30-32-45-46-35-54-48(36-52(46)60(56(44)45)41-22-8-3-9-23-41)57-47-25-12-13-26-50(47)59(40-20-6-2-7-21-40)51-28-15-29-53(61-54)55(51)57/h1-36H. The van der Waals surface area contributed by atoms with Crippen molar-refractivity contribution in [1.29, 1.82) is 0 Å². The fourth-order valence-electron chi connectivity index (χ4n) is 10.2. The summed E-state index contributed by atoms with van der Waals surface area (Å²) in [5, 5.41) is 7.15. The highest BCUT2D eigenvalue weighted by atomic mass is 16.5. The molecule has 61 heavy (non-hydrogen) atoms. The van der Waals surface area contributed by atoms with E-state index < -0.39 is 0 Å². The Morgan fingerprint density at radius 1 is 0.410 bits per heavy atom. The molecular weight excluding hydrogens is 741 g/mol. The highest BCUT2D eigenvalue weighted by molar-refractivity contribution is 6.99. The van der Waals surface area contributed by atoms with Crippen LogP contribution in [-0.4, -0.2) is 11.3 Å². The Morgan fingerprint density at radius 2 is 1.10 bits per heavy atom. The van der Waals surface area contributed by atoms with Crippen molar-refractivity contribution in [3.63, 3.8) is 0 Å². The van der Waals surface area contributed by atoms with Crippen molar-refractivity contribution in [2.45, 2.75) is 0 Å². The van der Waals surface area contributed by atoms with Crippen LogP contribution in [0.15, 0.2) is 218 Å². The molecule has 0 fully saturated rings. The third-order valence-electron chi connectivity index (χ3n) is 12.8. The third kappa shape index (κ3) is 5.07. The average molecular weight is 778 g/mol. The summed E-state index contributed by atoms with van der Waals surface area (Å²) in [7, 11) is 0. The number of ether oxygens (including phenoxy) is 1. The first kappa shape index (κ1) is 33.9. The summed E-state index contributed by atoms with van der Waals surface area (Å²) in [6.07, 6.45) is 0. The van der Waals surface area contributed by atoms with Crippen LogP contribution in [-0.2, 0) is 0 Å². The molecule has 4 nitrogen and oxygen atoms in total. The largest absolute Gasteiger partial charge is 0.458 e. The minimum Gasteiger partial charge on any atom is -0.458 e. The highest BCUT2D eigenvalue weighted by Crippen LogP contribution is 2.45. The molecule has 10 aromatic carbocycles. The number of para-hydroxylation sites is 4. The van der Waals surface area contributed by atoms with Gasteiger partial charge in [-0.1, -0.05) is 133 Å². The second kappa shape index (κ2) is 13.3. The van der Waals surface area contributed by atoms with E-state index in [1.807, 2.05) is 0 Å². The molecule has 284 valence electrons. The summed E-state index contributed by atoms with van der Waals surface area (Å²) in [5.74, 6) is 1.81. The number of fused-ring (bicyclic) bond motifs is 10. The van der Waals surface area contributed by atoms with Gasteiger partial charge in [-0.3, -0.25) is 0 Å². The van der Waals surface area contributed by atoms with Gasteiger partial charge >= 0.3 is 0 Å². The van der Waals surface area contributed by atoms with Crippen molar-refractivity contribution >= 4 is 101 Å². The highest BCUT2D eigenvalue weighted by Gasteiger charge is 2.42. The predicted octanol–water partition coefficient (Wildman–Crippen LogP) is 13.0. The monoisotopic (exact) mass is 777 g/mol. The lowest BCUT2D eigenvalue weighted by atomic mass is 9.34. The molecule has 0 unspecified atom stereocenters. The lowest BCUT2D eigenvalue weighted by Gasteiger charge is -2.39. The Hall–Kier alpha value is -8.02. The van der Waals surface area contributed by atoms with E-state index in [0.29, 0.717) is 0 Å². The van der Waals surface area contributed by atoms with Gasteiger partial charge in [0.25, 0.3) is 6.71 Å². The quantitative estimate of drug-likeness (QED) is 0.162. The van der Waals surface area contributed by atoms with E-state index in [9.17, 15) is 0 Å². The summed E-state index contributed by atoms with van der Waals surface area (Å²) in [6, 6.07) is 79.0. The van der Waals surface area contributed by atoms with Gasteiger partial charge in [-0.25, -0.2) is 0 Å². The van der Waals surface area contributed by atoms with Crippen molar-refractivity contribution in [2.24, 2.45) is 0 Å². The molecular formula is C56H36BN3O. The first-order valence-electron chi connectivity index (χ1n) is 21.0. The molecule has 11 aromatic rings. The van der Waals surface area contributed by atoms with Crippen LogP contribution < -0.4 is 30.9 Å². The van der Waals surface area contributed by atoms with Crippen molar-refractivity contribution in [3.05, 3.63) is 218 Å². The van der Waals surface area contributed by atoms with Gasteiger partial charge < -0.3 is 19.1 Å². The molecule has 2 aliphatic rings. The van der Waals surface area contributed by atoms with Crippen LogP contribution in [0.25, 0.3) is 49.0 Å². The molecule has 2 aliphatic heterocycles. The average Bonchev–Trinajstić information content (AvgIpc) is 3.65. The second-order valence-corrected chi connectivity index (χ2v) is 16.1. The van der Waals surface area contributed by atoms with Crippen LogP contribution in [0.2, 0.25) is 0 Å². The Labute approximate surface area is 353 Å². The fourth-order valence-corrected chi connectivity index (χ4v) is 10.2. The topological polar surface area (TPSA) is 20.6 Å². The molecule has 0 aliphatic carbocycles. The van der Waals surface area contributed by atoms with E-state index in [0.717, 1.165) is 51.1 Å². The Morgan fingerprint density at radius 3 is 1.95 bits per heavy atom. The van der Waals surface area contributed by atoms with Crippen LogP contribution >= 0.6 is 0 Å². The summed E-state index contributed by atoms with van der Waals surface area (Å²) >= 11 is 0. The Bertz CT molecular complexity index is 3520. The Kier molecular flexibility index (Phi) is 7.37. The summed E-state index contributed by atoms with van der Waals surface area (Å²) in [5.41, 5.74) is 13.9. The van der Waals surface area contributed by atoms with Crippen LogP contribution in [0.5, 0.6) is 11.5 Å². The second-order valence-electron chi connectivity index (χ2n) is 16.1. The molecule has 0 radical (unpaired) electrons. The van der Waals surface area contributed by atoms with Crippen molar-refractivity contribution in [3.8, 4) is 17.2 Å². The Balaban J connectivity index is 1.05. The predicted molar refractivity (Wildman–Crippen MR) is 256 cm³/mol. The smallest absolute Gasteiger partial charge is 0.256 e. The molecule has 5 heteroatoms. The van der Waals surface area contributed by atoms with Crippen LogP contribution in [0.1, 0.15) is 0 Å². The maximum atomic E-state index is 7.00. The number of benzene rings is 10. The van der Waals surface area contributed by atoms with Crippen LogP contribution in [0.4, 0.5) is 34.1 Å². The van der Waals surface area contributed by atoms with E-state index in [-0.39, 0.29) is 6.71 Å². The summed E-state index contributed by atoms with van der Waals surface area (Å²) in [4.78, 5) is 4.77. The summed E-state index contributed by atoms with van der Waals surface area (Å²) < 4.78 is 9.47. The van der Waals surface area contributed by atoms with Gasteiger partial charge in [0.1, 0.15) is 11.5 Å². The zero-order valence-corrected chi connectivity index (χ0v) is 33.1. The van der Waals surface area contributed by atoms with Gasteiger partial charge in [0.15, 0.2) is 0 Å².